The monoisotopic (exact) mass is 316 g/mol. The molecule has 0 spiro atoms. The van der Waals surface area contributed by atoms with Crippen LogP contribution in [-0.2, 0) is 6.42 Å². The van der Waals surface area contributed by atoms with Crippen LogP contribution < -0.4 is 0 Å². The van der Waals surface area contributed by atoms with Crippen molar-refractivity contribution in [2.24, 2.45) is 5.92 Å². The third-order valence-electron chi connectivity index (χ3n) is 3.05. The molecule has 0 saturated carbocycles. The molecule has 1 amide bonds. The Bertz CT molecular complexity index is 439. The van der Waals surface area contributed by atoms with Crippen LogP contribution in [0.15, 0.2) is 16.7 Å². The van der Waals surface area contributed by atoms with Crippen LogP contribution in [0.4, 0.5) is 0 Å². The second kappa shape index (κ2) is 5.36. The molecule has 1 aromatic heterocycles. The molecule has 0 aromatic carbocycles. The van der Waals surface area contributed by atoms with Gasteiger partial charge in [0.2, 0.25) is 0 Å². The van der Waals surface area contributed by atoms with E-state index in [-0.39, 0.29) is 5.91 Å². The van der Waals surface area contributed by atoms with Crippen LogP contribution in [0.1, 0.15) is 22.5 Å². The molecule has 92 valence electrons. The first-order chi connectivity index (χ1) is 8.11. The normalized spacial score (nSPS) is 20.1. The van der Waals surface area contributed by atoms with E-state index in [1.807, 2.05) is 13.1 Å². The first-order valence-electron chi connectivity index (χ1n) is 5.57. The molecule has 0 N–H and O–H groups in total. The average Bonchev–Trinajstić information content (AvgIpc) is 2.40. The smallest absolute Gasteiger partial charge is 0.255 e. The quantitative estimate of drug-likeness (QED) is 0.786. The zero-order valence-electron chi connectivity index (χ0n) is 9.62. The second-order valence-electron chi connectivity index (χ2n) is 4.38. The van der Waals surface area contributed by atoms with Gasteiger partial charge in [-0.25, -0.2) is 0 Å². The first kappa shape index (κ1) is 12.8. The van der Waals surface area contributed by atoms with E-state index in [9.17, 15) is 4.79 Å². The number of pyridine rings is 1. The van der Waals surface area contributed by atoms with Gasteiger partial charge in [0, 0.05) is 30.1 Å². The van der Waals surface area contributed by atoms with Gasteiger partial charge in [0.05, 0.1) is 11.3 Å². The Kier molecular flexibility index (Phi) is 4.05. The molecule has 1 aliphatic rings. The van der Waals surface area contributed by atoms with Crippen molar-refractivity contribution in [3.8, 4) is 0 Å². The summed E-state index contributed by atoms with van der Waals surface area (Å²) in [4.78, 5) is 18.3. The summed E-state index contributed by atoms with van der Waals surface area (Å²) in [5, 5.41) is 0. The highest BCUT2D eigenvalue weighted by Gasteiger charge is 2.26. The maximum Gasteiger partial charge on any atom is 0.255 e. The number of hydrogen-bond donors (Lipinski definition) is 0. The van der Waals surface area contributed by atoms with Gasteiger partial charge in [0.25, 0.3) is 5.91 Å². The van der Waals surface area contributed by atoms with Crippen LogP contribution in [0.2, 0.25) is 0 Å². The Morgan fingerprint density at radius 2 is 2.41 bits per heavy atom. The van der Waals surface area contributed by atoms with Gasteiger partial charge in [-0.2, -0.15) is 0 Å². The highest BCUT2D eigenvalue weighted by molar-refractivity contribution is 9.10. The number of fused-ring (bicyclic) bond motifs is 1. The Morgan fingerprint density at radius 3 is 3.12 bits per heavy atom. The maximum atomic E-state index is 12.2. The molecule has 2 heterocycles. The fraction of sp³-hybridized carbons (Fsp3) is 0.500. The number of hydrogen-bond acceptors (Lipinski definition) is 2. The molecule has 5 heteroatoms. The van der Waals surface area contributed by atoms with Crippen molar-refractivity contribution >= 4 is 33.4 Å². The van der Waals surface area contributed by atoms with E-state index in [1.165, 1.54) is 0 Å². The van der Waals surface area contributed by atoms with Gasteiger partial charge >= 0.3 is 0 Å². The lowest BCUT2D eigenvalue weighted by Crippen LogP contribution is -2.30. The molecule has 1 atom stereocenters. The van der Waals surface area contributed by atoms with E-state index >= 15 is 0 Å². The highest BCUT2D eigenvalue weighted by atomic mass is 79.9. The standard InChI is InChI=1S/C12H14BrClN2O/c1-16-7-8(2-3-14)4-11-10(12(16)17)5-9(13)6-15-11/h5-6,8H,2-4,7H2,1H3. The number of alkyl halides is 1. The summed E-state index contributed by atoms with van der Waals surface area (Å²) in [6.07, 6.45) is 3.48. The summed E-state index contributed by atoms with van der Waals surface area (Å²) < 4.78 is 0.841. The summed E-state index contributed by atoms with van der Waals surface area (Å²) in [6, 6.07) is 1.85. The minimum absolute atomic E-state index is 0.0471. The molecule has 0 bridgehead atoms. The predicted octanol–water partition coefficient (Wildman–Crippen LogP) is 2.72. The van der Waals surface area contributed by atoms with Gasteiger partial charge in [0.15, 0.2) is 0 Å². The molecule has 0 radical (unpaired) electrons. The average molecular weight is 318 g/mol. The zero-order chi connectivity index (χ0) is 12.4. The Labute approximate surface area is 114 Å². The van der Waals surface area contributed by atoms with Crippen LogP contribution in [0, 0.1) is 5.92 Å². The lowest BCUT2D eigenvalue weighted by molar-refractivity contribution is 0.0782. The van der Waals surface area contributed by atoms with E-state index in [1.54, 1.807) is 11.1 Å². The van der Waals surface area contributed by atoms with Crippen molar-refractivity contribution in [3.05, 3.63) is 28.0 Å². The van der Waals surface area contributed by atoms with Gasteiger partial charge in [-0.3, -0.25) is 9.78 Å². The molecular formula is C12H14BrClN2O. The van der Waals surface area contributed by atoms with Crippen LogP contribution in [0.5, 0.6) is 0 Å². The van der Waals surface area contributed by atoms with Crippen molar-refractivity contribution in [1.82, 2.24) is 9.88 Å². The van der Waals surface area contributed by atoms with Crippen molar-refractivity contribution in [2.45, 2.75) is 12.8 Å². The minimum atomic E-state index is 0.0471. The van der Waals surface area contributed by atoms with Gasteiger partial charge in [0.1, 0.15) is 0 Å². The largest absolute Gasteiger partial charge is 0.341 e. The third kappa shape index (κ3) is 2.80. The lowest BCUT2D eigenvalue weighted by Gasteiger charge is -2.19. The van der Waals surface area contributed by atoms with Crippen molar-refractivity contribution in [2.75, 3.05) is 19.5 Å². The zero-order valence-corrected chi connectivity index (χ0v) is 12.0. The van der Waals surface area contributed by atoms with E-state index < -0.39 is 0 Å². The SMILES string of the molecule is CN1CC(CCCl)Cc2ncc(Br)cc2C1=O. The topological polar surface area (TPSA) is 33.2 Å². The predicted molar refractivity (Wildman–Crippen MR) is 71.4 cm³/mol. The van der Waals surface area contributed by atoms with Gasteiger partial charge in [-0.1, -0.05) is 0 Å². The van der Waals surface area contributed by atoms with Crippen molar-refractivity contribution in [3.63, 3.8) is 0 Å². The molecule has 0 saturated heterocycles. The molecule has 3 nitrogen and oxygen atoms in total. The second-order valence-corrected chi connectivity index (χ2v) is 5.67. The van der Waals surface area contributed by atoms with Crippen LogP contribution >= 0.6 is 27.5 Å². The summed E-state index contributed by atoms with van der Waals surface area (Å²) in [6.45, 7) is 0.750. The van der Waals surface area contributed by atoms with Gasteiger partial charge in [-0.05, 0) is 40.8 Å². The molecule has 17 heavy (non-hydrogen) atoms. The molecular weight excluding hydrogens is 304 g/mol. The number of rotatable bonds is 2. The lowest BCUT2D eigenvalue weighted by atomic mass is 9.99. The number of carbonyl (C=O) groups is 1. The Morgan fingerprint density at radius 1 is 1.65 bits per heavy atom. The van der Waals surface area contributed by atoms with E-state index in [0.29, 0.717) is 17.4 Å². The maximum absolute atomic E-state index is 12.2. The van der Waals surface area contributed by atoms with Gasteiger partial charge in [-0.15, -0.1) is 11.6 Å². The van der Waals surface area contributed by atoms with Crippen LogP contribution in [0.3, 0.4) is 0 Å². The third-order valence-corrected chi connectivity index (χ3v) is 3.70. The Hall–Kier alpha value is -0.610. The number of carbonyl (C=O) groups excluding carboxylic acids is 1. The van der Waals surface area contributed by atoms with E-state index in [2.05, 4.69) is 20.9 Å². The Balaban J connectivity index is 2.37. The molecule has 1 aromatic rings. The van der Waals surface area contributed by atoms with Crippen LogP contribution in [-0.4, -0.2) is 35.3 Å². The minimum Gasteiger partial charge on any atom is -0.341 e. The molecule has 2 rings (SSSR count). The van der Waals surface area contributed by atoms with Crippen LogP contribution in [0.25, 0.3) is 0 Å². The summed E-state index contributed by atoms with van der Waals surface area (Å²) >= 11 is 9.15. The molecule has 1 unspecified atom stereocenters. The number of nitrogens with zero attached hydrogens (tertiary/aromatic N) is 2. The molecule has 1 aliphatic heterocycles. The fourth-order valence-electron chi connectivity index (χ4n) is 2.18. The summed E-state index contributed by atoms with van der Waals surface area (Å²) in [5.74, 6) is 1.07. The molecule has 0 fully saturated rings. The highest BCUT2D eigenvalue weighted by Crippen LogP contribution is 2.24. The molecule has 0 aliphatic carbocycles. The fourth-order valence-corrected chi connectivity index (χ4v) is 2.82. The summed E-state index contributed by atoms with van der Waals surface area (Å²) in [5.41, 5.74) is 1.59. The van der Waals surface area contributed by atoms with Crippen molar-refractivity contribution < 1.29 is 4.79 Å². The van der Waals surface area contributed by atoms with E-state index in [0.717, 1.165) is 29.6 Å². The number of amides is 1. The summed E-state index contributed by atoms with van der Waals surface area (Å²) in [7, 11) is 1.83. The van der Waals surface area contributed by atoms with E-state index in [4.69, 9.17) is 11.6 Å². The van der Waals surface area contributed by atoms with Crippen molar-refractivity contribution in [1.29, 1.82) is 0 Å². The number of halogens is 2. The first-order valence-corrected chi connectivity index (χ1v) is 6.90. The number of aromatic nitrogens is 1. The van der Waals surface area contributed by atoms with Gasteiger partial charge < -0.3 is 4.90 Å².